The van der Waals surface area contributed by atoms with Crippen molar-refractivity contribution in [2.45, 2.75) is 23.6 Å². The van der Waals surface area contributed by atoms with E-state index in [1.165, 1.54) is 18.4 Å². The van der Waals surface area contributed by atoms with Crippen LogP contribution in [-0.2, 0) is 4.79 Å². The van der Waals surface area contributed by atoms with Crippen LogP contribution in [0.5, 0.6) is 0 Å². The van der Waals surface area contributed by atoms with Crippen molar-refractivity contribution < 1.29 is 4.79 Å². The Kier molecular flexibility index (Phi) is 2.59. The number of carbonyl (C=O) groups excluding carboxylic acids is 1. The molecule has 0 aromatic heterocycles. The maximum atomic E-state index is 11.0. The molecule has 1 amide bonds. The summed E-state index contributed by atoms with van der Waals surface area (Å²) in [7, 11) is 0. The van der Waals surface area contributed by atoms with Gasteiger partial charge in [-0.3, -0.25) is 4.79 Å². The Morgan fingerprint density at radius 3 is 2.79 bits per heavy atom. The second-order valence-electron chi connectivity index (χ2n) is 3.71. The van der Waals surface area contributed by atoms with Gasteiger partial charge in [-0.25, -0.2) is 0 Å². The third-order valence-electron chi connectivity index (χ3n) is 2.50. The summed E-state index contributed by atoms with van der Waals surface area (Å²) in [5.41, 5.74) is 7.51. The highest BCUT2D eigenvalue weighted by atomic mass is 79.9. The number of primary amides is 1. The minimum atomic E-state index is -0.360. The number of halogens is 1. The van der Waals surface area contributed by atoms with E-state index in [-0.39, 0.29) is 10.7 Å². The van der Waals surface area contributed by atoms with E-state index in [9.17, 15) is 4.79 Å². The zero-order valence-corrected chi connectivity index (χ0v) is 9.33. The summed E-state index contributed by atoms with van der Waals surface area (Å²) in [5.74, 6) is 0.375. The number of hydrogen-bond acceptors (Lipinski definition) is 1. The summed E-state index contributed by atoms with van der Waals surface area (Å²) in [4.78, 5) is 10.6. The van der Waals surface area contributed by atoms with Crippen molar-refractivity contribution in [3.8, 4) is 0 Å². The van der Waals surface area contributed by atoms with E-state index in [1.807, 2.05) is 12.1 Å². The largest absolute Gasteiger partial charge is 0.368 e. The Hall–Kier alpha value is -0.830. The van der Waals surface area contributed by atoms with Crippen molar-refractivity contribution in [3.05, 3.63) is 35.4 Å². The van der Waals surface area contributed by atoms with Crippen LogP contribution in [-0.4, -0.2) is 5.91 Å². The molecule has 1 aromatic carbocycles. The zero-order chi connectivity index (χ0) is 10.1. The van der Waals surface area contributed by atoms with Crippen LogP contribution in [0.25, 0.3) is 0 Å². The van der Waals surface area contributed by atoms with E-state index < -0.39 is 0 Å². The van der Waals surface area contributed by atoms with Gasteiger partial charge in [0.05, 0.1) is 0 Å². The summed E-state index contributed by atoms with van der Waals surface area (Å²) in [6, 6.07) is 8.10. The average molecular weight is 254 g/mol. The Labute approximate surface area is 91.6 Å². The van der Waals surface area contributed by atoms with E-state index in [2.05, 4.69) is 28.1 Å². The molecule has 2 N–H and O–H groups in total. The summed E-state index contributed by atoms with van der Waals surface area (Å²) >= 11 is 3.28. The van der Waals surface area contributed by atoms with E-state index in [0.29, 0.717) is 5.92 Å². The first-order valence-electron chi connectivity index (χ1n) is 4.71. The average Bonchev–Trinajstić information content (AvgIpc) is 3.00. The molecule has 1 atom stereocenters. The SMILES string of the molecule is NC(=O)C(Br)c1cccc(C2CC2)c1. The van der Waals surface area contributed by atoms with Gasteiger partial charge in [-0.05, 0) is 29.9 Å². The van der Waals surface area contributed by atoms with E-state index in [1.54, 1.807) is 0 Å². The molecule has 0 aliphatic heterocycles. The molecule has 1 aliphatic rings. The molecule has 2 rings (SSSR count). The molecule has 0 saturated heterocycles. The van der Waals surface area contributed by atoms with Crippen molar-refractivity contribution >= 4 is 21.8 Å². The van der Waals surface area contributed by atoms with Gasteiger partial charge >= 0.3 is 0 Å². The normalized spacial score (nSPS) is 17.8. The number of nitrogens with two attached hydrogens (primary N) is 1. The zero-order valence-electron chi connectivity index (χ0n) is 7.74. The first-order chi connectivity index (χ1) is 6.68. The van der Waals surface area contributed by atoms with Crippen LogP contribution in [0.2, 0.25) is 0 Å². The highest BCUT2D eigenvalue weighted by Crippen LogP contribution is 2.40. The van der Waals surface area contributed by atoms with Gasteiger partial charge in [0.25, 0.3) is 0 Å². The molecule has 1 aliphatic carbocycles. The molecule has 0 bridgehead atoms. The maximum absolute atomic E-state index is 11.0. The van der Waals surface area contributed by atoms with Crippen molar-refractivity contribution in [3.63, 3.8) is 0 Å². The molecule has 74 valence electrons. The Morgan fingerprint density at radius 1 is 1.50 bits per heavy atom. The number of amides is 1. The van der Waals surface area contributed by atoms with Gasteiger partial charge in [0, 0.05) is 0 Å². The molecule has 1 saturated carbocycles. The Morgan fingerprint density at radius 2 is 2.21 bits per heavy atom. The van der Waals surface area contributed by atoms with Crippen molar-refractivity contribution in [2.24, 2.45) is 5.73 Å². The number of carbonyl (C=O) groups is 1. The number of rotatable bonds is 3. The molecule has 0 heterocycles. The third-order valence-corrected chi connectivity index (χ3v) is 3.48. The van der Waals surface area contributed by atoms with Gasteiger partial charge in [0.2, 0.25) is 5.91 Å². The molecule has 1 fully saturated rings. The van der Waals surface area contributed by atoms with Crippen LogP contribution in [0, 0.1) is 0 Å². The monoisotopic (exact) mass is 253 g/mol. The molecule has 0 spiro atoms. The fourth-order valence-corrected chi connectivity index (χ4v) is 1.84. The second kappa shape index (κ2) is 3.73. The number of alkyl halides is 1. The maximum Gasteiger partial charge on any atom is 0.235 e. The van der Waals surface area contributed by atoms with Crippen molar-refractivity contribution in [1.29, 1.82) is 0 Å². The van der Waals surface area contributed by atoms with Crippen LogP contribution in [0.1, 0.15) is 34.7 Å². The van der Waals surface area contributed by atoms with Gasteiger partial charge in [-0.2, -0.15) is 0 Å². The van der Waals surface area contributed by atoms with Crippen LogP contribution in [0.3, 0.4) is 0 Å². The Balaban J connectivity index is 2.25. The second-order valence-corrected chi connectivity index (χ2v) is 4.62. The van der Waals surface area contributed by atoms with Crippen LogP contribution < -0.4 is 5.73 Å². The third kappa shape index (κ3) is 1.98. The summed E-state index contributed by atoms with van der Waals surface area (Å²) in [6.45, 7) is 0. The topological polar surface area (TPSA) is 43.1 Å². The molecule has 3 heteroatoms. The molecule has 2 nitrogen and oxygen atoms in total. The highest BCUT2D eigenvalue weighted by Gasteiger charge is 2.24. The van der Waals surface area contributed by atoms with Gasteiger partial charge in [-0.1, -0.05) is 40.2 Å². The highest BCUT2D eigenvalue weighted by molar-refractivity contribution is 9.09. The lowest BCUT2D eigenvalue weighted by atomic mass is 10.0. The summed E-state index contributed by atoms with van der Waals surface area (Å²) < 4.78 is 0. The molecular formula is C11H12BrNO. The smallest absolute Gasteiger partial charge is 0.235 e. The van der Waals surface area contributed by atoms with E-state index in [0.717, 1.165) is 5.56 Å². The minimum Gasteiger partial charge on any atom is -0.368 e. The van der Waals surface area contributed by atoms with E-state index in [4.69, 9.17) is 5.73 Å². The van der Waals surface area contributed by atoms with Crippen LogP contribution >= 0.6 is 15.9 Å². The molecule has 0 radical (unpaired) electrons. The lowest BCUT2D eigenvalue weighted by Gasteiger charge is -2.07. The molecule has 14 heavy (non-hydrogen) atoms. The minimum absolute atomic E-state index is 0.335. The number of benzene rings is 1. The van der Waals surface area contributed by atoms with Crippen LogP contribution in [0.4, 0.5) is 0 Å². The molecule has 1 unspecified atom stereocenters. The fraction of sp³-hybridized carbons (Fsp3) is 0.364. The number of hydrogen-bond donors (Lipinski definition) is 1. The lowest BCUT2D eigenvalue weighted by molar-refractivity contribution is -0.117. The van der Waals surface area contributed by atoms with Crippen molar-refractivity contribution in [1.82, 2.24) is 0 Å². The van der Waals surface area contributed by atoms with Gasteiger partial charge in [0.15, 0.2) is 0 Å². The molecular weight excluding hydrogens is 242 g/mol. The fourth-order valence-electron chi connectivity index (χ4n) is 1.55. The van der Waals surface area contributed by atoms with Gasteiger partial charge in [-0.15, -0.1) is 0 Å². The summed E-state index contributed by atoms with van der Waals surface area (Å²) in [6.07, 6.45) is 2.54. The quantitative estimate of drug-likeness (QED) is 0.827. The van der Waals surface area contributed by atoms with Gasteiger partial charge < -0.3 is 5.73 Å². The standard InChI is InChI=1S/C11H12BrNO/c12-10(11(13)14)9-3-1-2-8(6-9)7-4-5-7/h1-3,6-7,10H,4-5H2,(H2,13,14). The van der Waals surface area contributed by atoms with E-state index >= 15 is 0 Å². The molecule has 1 aromatic rings. The predicted octanol–water partition coefficient (Wildman–Crippen LogP) is 2.49. The first-order valence-corrected chi connectivity index (χ1v) is 5.63. The predicted molar refractivity (Wildman–Crippen MR) is 59.3 cm³/mol. The van der Waals surface area contributed by atoms with Crippen molar-refractivity contribution in [2.75, 3.05) is 0 Å². The summed E-state index contributed by atoms with van der Waals surface area (Å²) in [5, 5.41) is 0. The van der Waals surface area contributed by atoms with Crippen LogP contribution in [0.15, 0.2) is 24.3 Å². The lowest BCUT2D eigenvalue weighted by Crippen LogP contribution is -2.16. The van der Waals surface area contributed by atoms with Gasteiger partial charge in [0.1, 0.15) is 4.83 Å². The first kappa shape index (κ1) is 9.71. The Bertz CT molecular complexity index is 360.